The van der Waals surface area contributed by atoms with Gasteiger partial charge >= 0.3 is 10.2 Å². The first-order valence-corrected chi connectivity index (χ1v) is 5.48. The summed E-state index contributed by atoms with van der Waals surface area (Å²) in [5.74, 6) is 0. The molecule has 0 saturated carbocycles. The average Bonchev–Trinajstić information content (AvgIpc) is 2.33. The van der Waals surface area contributed by atoms with Crippen molar-refractivity contribution in [2.75, 3.05) is 15.6 Å². The summed E-state index contributed by atoms with van der Waals surface area (Å²) in [6.07, 6.45) is 0. The molecular weight excluding hydrogens is 188 g/mol. The van der Waals surface area contributed by atoms with Crippen molar-refractivity contribution in [3.05, 3.63) is 24.3 Å². The van der Waals surface area contributed by atoms with Crippen molar-refractivity contribution in [2.24, 2.45) is 0 Å². The third-order valence-electron chi connectivity index (χ3n) is 1.99. The quantitative estimate of drug-likeness (QED) is 0.736. The largest absolute Gasteiger partial charge is 0.324 e. The Morgan fingerprint density at radius 2 is 2.08 bits per heavy atom. The first-order valence-electron chi connectivity index (χ1n) is 4.04. The Bertz CT molecular complexity index is 428. The van der Waals surface area contributed by atoms with E-state index in [0.717, 1.165) is 5.69 Å². The highest BCUT2D eigenvalue weighted by Gasteiger charge is 2.30. The maximum Gasteiger partial charge on any atom is 0.324 e. The summed E-state index contributed by atoms with van der Waals surface area (Å²) in [6.45, 7) is 2.26. The van der Waals surface area contributed by atoms with Crippen LogP contribution in [0.25, 0.3) is 0 Å². The summed E-state index contributed by atoms with van der Waals surface area (Å²) >= 11 is 0. The van der Waals surface area contributed by atoms with Gasteiger partial charge in [0.1, 0.15) is 0 Å². The maximum absolute atomic E-state index is 11.5. The SMILES string of the molecule is CCN1c2ccccc2NS1(=O)=O. The van der Waals surface area contributed by atoms with E-state index in [1.807, 2.05) is 6.07 Å². The van der Waals surface area contributed by atoms with Crippen molar-refractivity contribution in [3.63, 3.8) is 0 Å². The minimum atomic E-state index is -3.31. The molecule has 1 heterocycles. The fraction of sp³-hybridized carbons (Fsp3) is 0.250. The smallest absolute Gasteiger partial charge is 0.264 e. The molecule has 2 rings (SSSR count). The molecule has 13 heavy (non-hydrogen) atoms. The Labute approximate surface area is 77.4 Å². The molecule has 4 nitrogen and oxygen atoms in total. The van der Waals surface area contributed by atoms with Gasteiger partial charge in [-0.1, -0.05) is 12.1 Å². The van der Waals surface area contributed by atoms with Gasteiger partial charge in [0, 0.05) is 6.54 Å². The fourth-order valence-corrected chi connectivity index (χ4v) is 2.76. The number of nitrogens with zero attached hydrogens (tertiary/aromatic N) is 1. The van der Waals surface area contributed by atoms with Gasteiger partial charge < -0.3 is 0 Å². The Morgan fingerprint density at radius 3 is 2.77 bits per heavy atom. The molecule has 0 fully saturated rings. The Balaban J connectivity index is 2.59. The molecule has 0 amide bonds. The van der Waals surface area contributed by atoms with E-state index in [1.165, 1.54) is 4.31 Å². The van der Waals surface area contributed by atoms with Crippen LogP contribution in [0.5, 0.6) is 0 Å². The third kappa shape index (κ3) is 1.16. The van der Waals surface area contributed by atoms with Crippen LogP contribution in [0.1, 0.15) is 6.92 Å². The summed E-state index contributed by atoms with van der Waals surface area (Å²) < 4.78 is 26.8. The Kier molecular flexibility index (Phi) is 1.69. The predicted octanol–water partition coefficient (Wildman–Crippen LogP) is 1.18. The molecule has 0 aromatic heterocycles. The number of hydrogen-bond donors (Lipinski definition) is 1. The second kappa shape index (κ2) is 2.63. The number of rotatable bonds is 1. The molecule has 1 N–H and O–H groups in total. The summed E-state index contributed by atoms with van der Waals surface area (Å²) in [6, 6.07) is 7.17. The van der Waals surface area contributed by atoms with Crippen LogP contribution in [0.3, 0.4) is 0 Å². The maximum atomic E-state index is 11.5. The molecule has 0 unspecified atom stereocenters. The lowest BCUT2D eigenvalue weighted by Crippen LogP contribution is -2.29. The zero-order valence-electron chi connectivity index (χ0n) is 7.19. The number of para-hydroxylation sites is 2. The zero-order valence-corrected chi connectivity index (χ0v) is 8.00. The molecule has 1 aromatic rings. The van der Waals surface area contributed by atoms with Crippen molar-refractivity contribution in [2.45, 2.75) is 6.92 Å². The van der Waals surface area contributed by atoms with E-state index in [1.54, 1.807) is 25.1 Å². The minimum Gasteiger partial charge on any atom is -0.264 e. The van der Waals surface area contributed by atoms with Crippen molar-refractivity contribution < 1.29 is 8.42 Å². The van der Waals surface area contributed by atoms with Crippen LogP contribution in [0.15, 0.2) is 24.3 Å². The van der Waals surface area contributed by atoms with Crippen LogP contribution in [0, 0.1) is 0 Å². The fourth-order valence-electron chi connectivity index (χ4n) is 1.44. The molecule has 0 atom stereocenters. The monoisotopic (exact) mass is 198 g/mol. The van der Waals surface area contributed by atoms with Crippen LogP contribution in [0.4, 0.5) is 11.4 Å². The van der Waals surface area contributed by atoms with Crippen molar-refractivity contribution in [3.8, 4) is 0 Å². The molecule has 0 spiro atoms. The van der Waals surface area contributed by atoms with E-state index in [-0.39, 0.29) is 0 Å². The number of hydrogen-bond acceptors (Lipinski definition) is 2. The second-order valence-electron chi connectivity index (χ2n) is 2.79. The van der Waals surface area contributed by atoms with Crippen LogP contribution in [-0.2, 0) is 10.2 Å². The van der Waals surface area contributed by atoms with Crippen LogP contribution >= 0.6 is 0 Å². The van der Waals surface area contributed by atoms with Crippen molar-refractivity contribution in [1.29, 1.82) is 0 Å². The van der Waals surface area contributed by atoms with Crippen LogP contribution in [0.2, 0.25) is 0 Å². The van der Waals surface area contributed by atoms with Gasteiger partial charge in [0.2, 0.25) is 0 Å². The number of nitrogens with one attached hydrogen (secondary N) is 1. The molecule has 70 valence electrons. The molecule has 5 heteroatoms. The highest BCUT2D eigenvalue weighted by Crippen LogP contribution is 2.34. The molecule has 1 aliphatic rings. The van der Waals surface area contributed by atoms with Gasteiger partial charge in [-0.2, -0.15) is 8.42 Å². The van der Waals surface area contributed by atoms with E-state index >= 15 is 0 Å². The first-order chi connectivity index (χ1) is 6.15. The lowest BCUT2D eigenvalue weighted by molar-refractivity contribution is 0.599. The van der Waals surface area contributed by atoms with E-state index in [2.05, 4.69) is 4.72 Å². The minimum absolute atomic E-state index is 0.451. The van der Waals surface area contributed by atoms with E-state index in [4.69, 9.17) is 0 Å². The van der Waals surface area contributed by atoms with Gasteiger partial charge in [0.25, 0.3) is 0 Å². The number of anilines is 2. The van der Waals surface area contributed by atoms with Gasteiger partial charge in [0.05, 0.1) is 11.4 Å². The van der Waals surface area contributed by atoms with Crippen molar-refractivity contribution >= 4 is 21.6 Å². The highest BCUT2D eigenvalue weighted by molar-refractivity contribution is 7.94. The Morgan fingerprint density at radius 1 is 1.38 bits per heavy atom. The lowest BCUT2D eigenvalue weighted by atomic mass is 10.3. The molecule has 1 aromatic carbocycles. The highest BCUT2D eigenvalue weighted by atomic mass is 32.2. The normalized spacial score (nSPS) is 18.1. The third-order valence-corrected chi connectivity index (χ3v) is 3.50. The molecule has 0 aliphatic carbocycles. The standard InChI is InChI=1S/C8H10N2O2S/c1-2-10-8-6-4-3-5-7(8)9-13(10,11)12/h3-6,9H,2H2,1H3. The first kappa shape index (κ1) is 8.37. The summed E-state index contributed by atoms with van der Waals surface area (Å²) in [4.78, 5) is 0. The molecule has 0 bridgehead atoms. The predicted molar refractivity (Wildman–Crippen MR) is 52.0 cm³/mol. The Hall–Kier alpha value is -1.23. The van der Waals surface area contributed by atoms with E-state index in [9.17, 15) is 8.42 Å². The number of benzene rings is 1. The topological polar surface area (TPSA) is 49.4 Å². The van der Waals surface area contributed by atoms with Gasteiger partial charge in [-0.05, 0) is 19.1 Å². The summed E-state index contributed by atoms with van der Waals surface area (Å²) in [5.41, 5.74) is 1.38. The lowest BCUT2D eigenvalue weighted by Gasteiger charge is -2.12. The van der Waals surface area contributed by atoms with E-state index in [0.29, 0.717) is 12.2 Å². The van der Waals surface area contributed by atoms with Gasteiger partial charge in [-0.3, -0.25) is 9.03 Å². The van der Waals surface area contributed by atoms with Crippen LogP contribution < -0.4 is 9.03 Å². The average molecular weight is 198 g/mol. The molecule has 1 aliphatic heterocycles. The zero-order chi connectivity index (χ0) is 9.47. The van der Waals surface area contributed by atoms with Gasteiger partial charge in [-0.15, -0.1) is 0 Å². The van der Waals surface area contributed by atoms with Gasteiger partial charge in [-0.25, -0.2) is 0 Å². The second-order valence-corrected chi connectivity index (χ2v) is 4.38. The van der Waals surface area contributed by atoms with Crippen molar-refractivity contribution in [1.82, 2.24) is 0 Å². The van der Waals surface area contributed by atoms with E-state index < -0.39 is 10.2 Å². The summed E-state index contributed by atoms with van der Waals surface area (Å²) in [7, 11) is -3.31. The molecule has 0 radical (unpaired) electrons. The van der Waals surface area contributed by atoms with Crippen LogP contribution in [-0.4, -0.2) is 15.0 Å². The molecular formula is C8H10N2O2S. The number of fused-ring (bicyclic) bond motifs is 1. The van der Waals surface area contributed by atoms with Gasteiger partial charge in [0.15, 0.2) is 0 Å². The molecule has 0 saturated heterocycles. The summed E-state index contributed by atoms with van der Waals surface area (Å²) in [5, 5.41) is 0.